The minimum Gasteiger partial charge on any atom is -0.352 e. The average Bonchev–Trinajstić information content (AvgIpc) is 2.78. The standard InChI is InChI=1S/C14H19ClN4O2/c1-14(2,3)12(6-7-15)18-13-16-10-5-4-9(19(20)21)8-11(10)17-13/h4-5,8,12H,6-7H2,1-3H3,(H2,16,17,18). The van der Waals surface area contributed by atoms with E-state index in [9.17, 15) is 10.1 Å². The molecule has 114 valence electrons. The van der Waals surface area contributed by atoms with Crippen molar-refractivity contribution in [3.05, 3.63) is 28.3 Å². The van der Waals surface area contributed by atoms with Crippen LogP contribution in [-0.4, -0.2) is 26.8 Å². The van der Waals surface area contributed by atoms with Gasteiger partial charge in [0.1, 0.15) is 0 Å². The highest BCUT2D eigenvalue weighted by Gasteiger charge is 2.25. The van der Waals surface area contributed by atoms with Crippen LogP contribution in [0.3, 0.4) is 0 Å². The van der Waals surface area contributed by atoms with Crippen LogP contribution in [0, 0.1) is 15.5 Å². The molecule has 0 spiro atoms. The molecule has 0 saturated carbocycles. The molecule has 0 bridgehead atoms. The number of fused-ring (bicyclic) bond motifs is 1. The predicted octanol–water partition coefficient (Wildman–Crippen LogP) is 3.93. The molecule has 2 rings (SSSR count). The van der Waals surface area contributed by atoms with Crippen molar-refractivity contribution < 1.29 is 4.92 Å². The van der Waals surface area contributed by atoms with Gasteiger partial charge in [0.15, 0.2) is 0 Å². The summed E-state index contributed by atoms with van der Waals surface area (Å²) in [6.07, 6.45) is 0.808. The van der Waals surface area contributed by atoms with Crippen LogP contribution in [0.5, 0.6) is 0 Å². The number of halogens is 1. The minimum atomic E-state index is -0.418. The molecule has 7 heteroatoms. The lowest BCUT2D eigenvalue weighted by Gasteiger charge is -2.30. The van der Waals surface area contributed by atoms with Gasteiger partial charge in [-0.3, -0.25) is 10.1 Å². The van der Waals surface area contributed by atoms with Crippen molar-refractivity contribution in [1.29, 1.82) is 0 Å². The van der Waals surface area contributed by atoms with Gasteiger partial charge >= 0.3 is 0 Å². The zero-order valence-corrected chi connectivity index (χ0v) is 13.1. The van der Waals surface area contributed by atoms with Gasteiger partial charge in [-0.1, -0.05) is 20.8 Å². The molecule has 0 saturated heterocycles. The number of nitro benzene ring substituents is 1. The Balaban J connectivity index is 2.28. The van der Waals surface area contributed by atoms with Crippen molar-refractivity contribution in [2.24, 2.45) is 5.41 Å². The van der Waals surface area contributed by atoms with Crippen LogP contribution in [0.15, 0.2) is 18.2 Å². The smallest absolute Gasteiger partial charge is 0.271 e. The third-order valence-electron chi connectivity index (χ3n) is 3.43. The molecular weight excluding hydrogens is 292 g/mol. The second-order valence-electron chi connectivity index (χ2n) is 6.08. The number of non-ortho nitro benzene ring substituents is 1. The van der Waals surface area contributed by atoms with Gasteiger partial charge in [0.05, 0.1) is 16.0 Å². The highest BCUT2D eigenvalue weighted by Crippen LogP contribution is 2.27. The molecule has 1 unspecified atom stereocenters. The van der Waals surface area contributed by atoms with Crippen molar-refractivity contribution in [1.82, 2.24) is 9.97 Å². The lowest BCUT2D eigenvalue weighted by atomic mass is 9.85. The Bertz CT molecular complexity index is 648. The van der Waals surface area contributed by atoms with Gasteiger partial charge in [-0.25, -0.2) is 4.98 Å². The third-order valence-corrected chi connectivity index (χ3v) is 3.65. The number of nitrogens with one attached hydrogen (secondary N) is 2. The Morgan fingerprint density at radius 3 is 2.76 bits per heavy atom. The average molecular weight is 311 g/mol. The predicted molar refractivity (Wildman–Crippen MR) is 85.0 cm³/mol. The molecule has 0 fully saturated rings. The summed E-state index contributed by atoms with van der Waals surface area (Å²) in [4.78, 5) is 17.9. The summed E-state index contributed by atoms with van der Waals surface area (Å²) < 4.78 is 0. The SMILES string of the molecule is CC(C)(C)C(CCCl)Nc1nc2ccc([N+](=O)[O-])cc2[nH]1. The maximum absolute atomic E-state index is 10.8. The Labute approximate surface area is 128 Å². The van der Waals surface area contributed by atoms with Crippen molar-refractivity contribution in [2.75, 3.05) is 11.2 Å². The highest BCUT2D eigenvalue weighted by atomic mass is 35.5. The molecule has 2 N–H and O–H groups in total. The van der Waals surface area contributed by atoms with Crippen LogP contribution >= 0.6 is 11.6 Å². The molecule has 2 aromatic rings. The van der Waals surface area contributed by atoms with Gasteiger partial charge < -0.3 is 10.3 Å². The summed E-state index contributed by atoms with van der Waals surface area (Å²) in [6.45, 7) is 6.39. The number of imidazole rings is 1. The number of nitro groups is 1. The molecule has 0 aliphatic carbocycles. The van der Waals surface area contributed by atoms with Crippen LogP contribution in [0.25, 0.3) is 11.0 Å². The number of nitrogens with zero attached hydrogens (tertiary/aromatic N) is 2. The molecular formula is C14H19ClN4O2. The molecule has 6 nitrogen and oxygen atoms in total. The quantitative estimate of drug-likeness (QED) is 0.498. The third kappa shape index (κ3) is 3.64. The zero-order chi connectivity index (χ0) is 15.6. The molecule has 1 heterocycles. The second kappa shape index (κ2) is 5.89. The molecule has 21 heavy (non-hydrogen) atoms. The van der Waals surface area contributed by atoms with E-state index in [1.165, 1.54) is 12.1 Å². The van der Waals surface area contributed by atoms with E-state index in [2.05, 4.69) is 36.1 Å². The summed E-state index contributed by atoms with van der Waals surface area (Å²) in [5, 5.41) is 14.1. The van der Waals surface area contributed by atoms with E-state index >= 15 is 0 Å². The first kappa shape index (κ1) is 15.6. The van der Waals surface area contributed by atoms with E-state index in [1.54, 1.807) is 6.07 Å². The van der Waals surface area contributed by atoms with Crippen LogP contribution in [0.4, 0.5) is 11.6 Å². The Morgan fingerprint density at radius 1 is 1.48 bits per heavy atom. The van der Waals surface area contributed by atoms with Crippen LogP contribution in [0.2, 0.25) is 0 Å². The summed E-state index contributed by atoms with van der Waals surface area (Å²) >= 11 is 5.86. The lowest BCUT2D eigenvalue weighted by Crippen LogP contribution is -2.34. The monoisotopic (exact) mass is 310 g/mol. The van der Waals surface area contributed by atoms with E-state index < -0.39 is 4.92 Å². The zero-order valence-electron chi connectivity index (χ0n) is 12.3. The van der Waals surface area contributed by atoms with Crippen molar-refractivity contribution in [3.8, 4) is 0 Å². The van der Waals surface area contributed by atoms with Crippen LogP contribution in [-0.2, 0) is 0 Å². The maximum atomic E-state index is 10.8. The number of benzene rings is 1. The maximum Gasteiger partial charge on any atom is 0.271 e. The number of aromatic amines is 1. The number of rotatable bonds is 5. The number of aromatic nitrogens is 2. The molecule has 1 aromatic carbocycles. The second-order valence-corrected chi connectivity index (χ2v) is 6.46. The molecule has 1 atom stereocenters. The van der Waals surface area contributed by atoms with Gasteiger partial charge in [-0.05, 0) is 17.9 Å². The molecule has 0 amide bonds. The normalized spacial score (nSPS) is 13.3. The fourth-order valence-electron chi connectivity index (χ4n) is 2.18. The van der Waals surface area contributed by atoms with Crippen molar-refractivity contribution in [3.63, 3.8) is 0 Å². The van der Waals surface area contributed by atoms with Gasteiger partial charge in [0.25, 0.3) is 5.69 Å². The molecule has 0 aliphatic heterocycles. The topological polar surface area (TPSA) is 83.8 Å². The minimum absolute atomic E-state index is 0.0276. The van der Waals surface area contributed by atoms with Crippen LogP contribution in [0.1, 0.15) is 27.2 Å². The van der Waals surface area contributed by atoms with Crippen LogP contribution < -0.4 is 5.32 Å². The van der Waals surface area contributed by atoms with E-state index in [1.807, 2.05) is 0 Å². The highest BCUT2D eigenvalue weighted by molar-refractivity contribution is 6.17. The number of H-pyrrole nitrogens is 1. The number of anilines is 1. The Morgan fingerprint density at radius 2 is 2.19 bits per heavy atom. The first-order chi connectivity index (χ1) is 9.81. The van der Waals surface area contributed by atoms with E-state index in [0.717, 1.165) is 6.42 Å². The first-order valence-electron chi connectivity index (χ1n) is 6.78. The summed E-state index contributed by atoms with van der Waals surface area (Å²) in [5.74, 6) is 1.16. The van der Waals surface area contributed by atoms with Gasteiger partial charge in [-0.15, -0.1) is 11.6 Å². The van der Waals surface area contributed by atoms with E-state index in [0.29, 0.717) is 22.9 Å². The van der Waals surface area contributed by atoms with Crippen molar-refractivity contribution in [2.45, 2.75) is 33.2 Å². The summed E-state index contributed by atoms with van der Waals surface area (Å²) in [7, 11) is 0. The number of alkyl halides is 1. The number of hydrogen-bond acceptors (Lipinski definition) is 4. The number of hydrogen-bond donors (Lipinski definition) is 2. The molecule has 0 radical (unpaired) electrons. The molecule has 0 aliphatic rings. The van der Waals surface area contributed by atoms with E-state index in [4.69, 9.17) is 11.6 Å². The van der Waals surface area contributed by atoms with E-state index in [-0.39, 0.29) is 17.1 Å². The Kier molecular flexibility index (Phi) is 4.37. The largest absolute Gasteiger partial charge is 0.352 e. The van der Waals surface area contributed by atoms with Gasteiger partial charge in [-0.2, -0.15) is 0 Å². The fraction of sp³-hybridized carbons (Fsp3) is 0.500. The fourth-order valence-corrected chi connectivity index (χ4v) is 2.39. The van der Waals surface area contributed by atoms with Gasteiger partial charge in [0, 0.05) is 24.1 Å². The van der Waals surface area contributed by atoms with Gasteiger partial charge in [0.2, 0.25) is 5.95 Å². The molecule has 1 aromatic heterocycles. The Hall–Kier alpha value is -1.82. The van der Waals surface area contributed by atoms with Crippen molar-refractivity contribution >= 4 is 34.3 Å². The summed E-state index contributed by atoms with van der Waals surface area (Å²) in [6, 6.07) is 4.74. The lowest BCUT2D eigenvalue weighted by molar-refractivity contribution is -0.384. The summed E-state index contributed by atoms with van der Waals surface area (Å²) in [5.41, 5.74) is 1.41. The first-order valence-corrected chi connectivity index (χ1v) is 7.31.